The Hall–Kier alpha value is -3.54. The maximum absolute atomic E-state index is 13.5. The highest BCUT2D eigenvalue weighted by molar-refractivity contribution is 6.07. The second-order valence-electron chi connectivity index (χ2n) is 8.37. The van der Waals surface area contributed by atoms with E-state index < -0.39 is 0 Å². The minimum Gasteiger partial charge on any atom is -0.345 e. The number of halogens is 1. The summed E-state index contributed by atoms with van der Waals surface area (Å²) in [6, 6.07) is 17.9. The first-order chi connectivity index (χ1) is 15.5. The lowest BCUT2D eigenvalue weighted by Gasteiger charge is -2.15. The minimum absolute atomic E-state index is 0.131. The summed E-state index contributed by atoms with van der Waals surface area (Å²) in [5.74, 6) is -0.111. The number of aromatic nitrogens is 3. The van der Waals surface area contributed by atoms with Crippen LogP contribution in [0.2, 0.25) is 0 Å². The van der Waals surface area contributed by atoms with Gasteiger partial charge in [-0.1, -0.05) is 37.3 Å². The van der Waals surface area contributed by atoms with Crippen molar-refractivity contribution in [3.8, 4) is 5.69 Å². The molecule has 0 unspecified atom stereocenters. The average molecular weight is 429 g/mol. The molecule has 1 amide bonds. The standard InChI is InChI=1S/C26H25FN4O/c1-3-20-15-22(26(32)28-16(2)17-7-5-4-6-8-17)23-24(18-9-10-18)30-31(25(23)29-20)21-13-11-19(27)12-14-21/h4-8,11-16,18H,3,9-10H2,1-2H3,(H,28,32)/t16-/m1/s1. The molecule has 2 aromatic carbocycles. The van der Waals surface area contributed by atoms with Gasteiger partial charge in [0.05, 0.1) is 28.4 Å². The van der Waals surface area contributed by atoms with Gasteiger partial charge in [-0.15, -0.1) is 0 Å². The Morgan fingerprint density at radius 3 is 2.53 bits per heavy atom. The number of pyridine rings is 1. The molecular weight excluding hydrogens is 403 g/mol. The van der Waals surface area contributed by atoms with E-state index in [-0.39, 0.29) is 17.8 Å². The summed E-state index contributed by atoms with van der Waals surface area (Å²) in [5, 5.41) is 8.80. The second kappa shape index (κ2) is 8.19. The van der Waals surface area contributed by atoms with Crippen LogP contribution in [0.4, 0.5) is 4.39 Å². The molecule has 0 spiro atoms. The van der Waals surface area contributed by atoms with Crippen molar-refractivity contribution in [1.29, 1.82) is 0 Å². The lowest BCUT2D eigenvalue weighted by atomic mass is 10.0. The number of rotatable bonds is 6. The van der Waals surface area contributed by atoms with Gasteiger partial charge in [0, 0.05) is 11.6 Å². The van der Waals surface area contributed by atoms with Crippen LogP contribution in [-0.4, -0.2) is 20.7 Å². The first-order valence-corrected chi connectivity index (χ1v) is 11.1. The van der Waals surface area contributed by atoms with Crippen LogP contribution in [0, 0.1) is 5.82 Å². The van der Waals surface area contributed by atoms with Crippen LogP contribution in [0.1, 0.15) is 66.0 Å². The molecule has 4 aromatic rings. The molecule has 1 aliphatic rings. The van der Waals surface area contributed by atoms with Crippen molar-refractivity contribution in [2.75, 3.05) is 0 Å². The quantitative estimate of drug-likeness (QED) is 0.442. The Kier molecular flexibility index (Phi) is 5.21. The fourth-order valence-corrected chi connectivity index (χ4v) is 4.06. The van der Waals surface area contributed by atoms with Crippen molar-refractivity contribution in [3.05, 3.63) is 89.0 Å². The van der Waals surface area contributed by atoms with Gasteiger partial charge in [0.2, 0.25) is 0 Å². The largest absolute Gasteiger partial charge is 0.345 e. The maximum Gasteiger partial charge on any atom is 0.252 e. The van der Waals surface area contributed by atoms with Gasteiger partial charge in [0.1, 0.15) is 5.82 Å². The summed E-state index contributed by atoms with van der Waals surface area (Å²) in [4.78, 5) is 18.3. The van der Waals surface area contributed by atoms with Gasteiger partial charge < -0.3 is 5.32 Å². The molecular formula is C26H25FN4O. The summed E-state index contributed by atoms with van der Waals surface area (Å²) in [6.45, 7) is 4.00. The SMILES string of the molecule is CCc1cc(C(=O)N[C@H](C)c2ccccc2)c2c(C3CC3)nn(-c3ccc(F)cc3)c2n1. The van der Waals surface area contributed by atoms with E-state index >= 15 is 0 Å². The number of carbonyl (C=O) groups is 1. The maximum atomic E-state index is 13.5. The molecule has 6 heteroatoms. The third kappa shape index (κ3) is 3.77. The average Bonchev–Trinajstić information content (AvgIpc) is 3.60. The molecule has 2 heterocycles. The summed E-state index contributed by atoms with van der Waals surface area (Å²) < 4.78 is 15.3. The van der Waals surface area contributed by atoms with E-state index in [0.29, 0.717) is 23.5 Å². The predicted molar refractivity (Wildman–Crippen MR) is 122 cm³/mol. The Balaban J connectivity index is 1.63. The van der Waals surface area contributed by atoms with Gasteiger partial charge in [-0.05, 0) is 62.1 Å². The van der Waals surface area contributed by atoms with Crippen molar-refractivity contribution >= 4 is 16.9 Å². The van der Waals surface area contributed by atoms with E-state index in [0.717, 1.165) is 40.9 Å². The van der Waals surface area contributed by atoms with Crippen molar-refractivity contribution in [1.82, 2.24) is 20.1 Å². The van der Waals surface area contributed by atoms with E-state index in [1.807, 2.05) is 50.2 Å². The number of hydrogen-bond donors (Lipinski definition) is 1. The number of fused-ring (bicyclic) bond motifs is 1. The number of carbonyl (C=O) groups excluding carboxylic acids is 1. The van der Waals surface area contributed by atoms with Crippen LogP contribution >= 0.6 is 0 Å². The van der Waals surface area contributed by atoms with Gasteiger partial charge >= 0.3 is 0 Å². The van der Waals surface area contributed by atoms with Crippen LogP contribution in [0.5, 0.6) is 0 Å². The van der Waals surface area contributed by atoms with Crippen LogP contribution in [-0.2, 0) is 6.42 Å². The van der Waals surface area contributed by atoms with Crippen molar-refractivity contribution in [3.63, 3.8) is 0 Å². The number of hydrogen-bond acceptors (Lipinski definition) is 3. The fourth-order valence-electron chi connectivity index (χ4n) is 4.06. The third-order valence-electron chi connectivity index (χ3n) is 6.01. The molecule has 1 atom stereocenters. The fraction of sp³-hybridized carbons (Fsp3) is 0.269. The summed E-state index contributed by atoms with van der Waals surface area (Å²) >= 11 is 0. The molecule has 0 radical (unpaired) electrons. The van der Waals surface area contributed by atoms with E-state index in [4.69, 9.17) is 10.1 Å². The van der Waals surface area contributed by atoms with Crippen molar-refractivity contribution in [2.24, 2.45) is 0 Å². The topological polar surface area (TPSA) is 59.8 Å². The van der Waals surface area contributed by atoms with E-state index in [1.54, 1.807) is 16.8 Å². The first kappa shape index (κ1) is 20.4. The van der Waals surface area contributed by atoms with Crippen molar-refractivity contribution in [2.45, 2.75) is 45.1 Å². The van der Waals surface area contributed by atoms with Gasteiger partial charge in [0.15, 0.2) is 5.65 Å². The molecule has 0 aliphatic heterocycles. The smallest absolute Gasteiger partial charge is 0.252 e. The van der Waals surface area contributed by atoms with Crippen molar-refractivity contribution < 1.29 is 9.18 Å². The summed E-state index contributed by atoms with van der Waals surface area (Å²) in [7, 11) is 0. The molecule has 5 rings (SSSR count). The molecule has 1 aliphatic carbocycles. The molecule has 2 aromatic heterocycles. The van der Waals surface area contributed by atoms with Gasteiger partial charge in [-0.25, -0.2) is 14.1 Å². The Morgan fingerprint density at radius 2 is 1.88 bits per heavy atom. The monoisotopic (exact) mass is 428 g/mol. The van der Waals surface area contributed by atoms with Gasteiger partial charge in [-0.2, -0.15) is 5.10 Å². The molecule has 162 valence electrons. The molecule has 1 fully saturated rings. The molecule has 5 nitrogen and oxygen atoms in total. The van der Waals surface area contributed by atoms with Crippen LogP contribution in [0.25, 0.3) is 16.7 Å². The molecule has 1 N–H and O–H groups in total. The van der Waals surface area contributed by atoms with Gasteiger partial charge in [-0.3, -0.25) is 4.79 Å². The number of aryl methyl sites for hydroxylation is 1. The Morgan fingerprint density at radius 1 is 1.16 bits per heavy atom. The lowest BCUT2D eigenvalue weighted by molar-refractivity contribution is 0.0941. The Bertz CT molecular complexity index is 1280. The lowest BCUT2D eigenvalue weighted by Crippen LogP contribution is -2.27. The number of amides is 1. The second-order valence-corrected chi connectivity index (χ2v) is 8.37. The van der Waals surface area contributed by atoms with E-state index in [1.165, 1.54) is 12.1 Å². The molecule has 0 bridgehead atoms. The van der Waals surface area contributed by atoms with E-state index in [2.05, 4.69) is 5.32 Å². The molecule has 1 saturated carbocycles. The Labute approximate surface area is 186 Å². The van der Waals surface area contributed by atoms with Gasteiger partial charge in [0.25, 0.3) is 5.91 Å². The highest BCUT2D eigenvalue weighted by Gasteiger charge is 2.32. The predicted octanol–water partition coefficient (Wildman–Crippen LogP) is 5.49. The van der Waals surface area contributed by atoms with Crippen LogP contribution in [0.3, 0.4) is 0 Å². The highest BCUT2D eigenvalue weighted by atomic mass is 19.1. The number of benzene rings is 2. The minimum atomic E-state index is -0.301. The van der Waals surface area contributed by atoms with Crippen LogP contribution in [0.15, 0.2) is 60.7 Å². The van der Waals surface area contributed by atoms with Crippen LogP contribution < -0.4 is 5.32 Å². The first-order valence-electron chi connectivity index (χ1n) is 11.1. The third-order valence-corrected chi connectivity index (χ3v) is 6.01. The zero-order valence-electron chi connectivity index (χ0n) is 18.2. The summed E-state index contributed by atoms with van der Waals surface area (Å²) in [5.41, 5.74) is 4.75. The molecule has 32 heavy (non-hydrogen) atoms. The zero-order valence-corrected chi connectivity index (χ0v) is 18.2. The number of nitrogens with one attached hydrogen (secondary N) is 1. The normalized spacial score (nSPS) is 14.5. The summed E-state index contributed by atoms with van der Waals surface area (Å²) in [6.07, 6.45) is 2.79. The van der Waals surface area contributed by atoms with E-state index in [9.17, 15) is 9.18 Å². The molecule has 0 saturated heterocycles. The zero-order chi connectivity index (χ0) is 22.2. The number of nitrogens with zero attached hydrogens (tertiary/aromatic N) is 3. The highest BCUT2D eigenvalue weighted by Crippen LogP contribution is 2.43.